The number of nitrogens with one attached hydrogen (secondary N) is 1. The Kier molecular flexibility index (Phi) is 6.60. The Hall–Kier alpha value is -3.07. The van der Waals surface area contributed by atoms with Crippen LogP contribution in [-0.2, 0) is 21.4 Å². The number of rotatable bonds is 7. The number of carbonyl (C=O) groups is 1. The standard InChI is InChI=1S/C25H25N3O3S2/c1-17-11-18(2)13-21(12-17)27-25(29)16-28(15-20-7-5-4-6-8-20)33(30,31)22-9-10-23-24(14-22)32-19(3)26-23/h4-14H,15-16H2,1-3H3,(H,27,29). The molecular weight excluding hydrogens is 454 g/mol. The number of benzene rings is 3. The predicted octanol–water partition coefficient (Wildman–Crippen LogP) is 5.05. The van der Waals surface area contributed by atoms with Crippen molar-refractivity contribution < 1.29 is 13.2 Å². The van der Waals surface area contributed by atoms with Gasteiger partial charge in [0.2, 0.25) is 15.9 Å². The summed E-state index contributed by atoms with van der Waals surface area (Å²) < 4.78 is 29.2. The first-order valence-corrected chi connectivity index (χ1v) is 12.8. The molecule has 1 amide bonds. The molecule has 0 fully saturated rings. The van der Waals surface area contributed by atoms with Crippen LogP contribution in [0.1, 0.15) is 21.7 Å². The smallest absolute Gasteiger partial charge is 0.243 e. The summed E-state index contributed by atoms with van der Waals surface area (Å²) in [5.74, 6) is -0.394. The van der Waals surface area contributed by atoms with E-state index in [2.05, 4.69) is 10.3 Å². The number of hydrogen-bond donors (Lipinski definition) is 1. The molecule has 3 aromatic carbocycles. The van der Waals surface area contributed by atoms with E-state index in [4.69, 9.17) is 0 Å². The highest BCUT2D eigenvalue weighted by Gasteiger charge is 2.27. The summed E-state index contributed by atoms with van der Waals surface area (Å²) in [5, 5.41) is 3.71. The summed E-state index contributed by atoms with van der Waals surface area (Å²) in [7, 11) is -3.93. The van der Waals surface area contributed by atoms with Crippen molar-refractivity contribution in [1.29, 1.82) is 0 Å². The molecule has 0 unspecified atom stereocenters. The van der Waals surface area contributed by atoms with Crippen LogP contribution in [0, 0.1) is 20.8 Å². The SMILES string of the molecule is Cc1cc(C)cc(NC(=O)CN(Cc2ccccc2)S(=O)(=O)c2ccc3nc(C)sc3c2)c1. The number of nitrogens with zero attached hydrogens (tertiary/aromatic N) is 2. The maximum Gasteiger partial charge on any atom is 0.243 e. The van der Waals surface area contributed by atoms with Crippen LogP contribution < -0.4 is 5.32 Å². The van der Waals surface area contributed by atoms with Crippen molar-refractivity contribution in [3.05, 3.63) is 88.4 Å². The number of aromatic nitrogens is 1. The van der Waals surface area contributed by atoms with Gasteiger partial charge in [0.25, 0.3) is 0 Å². The number of fused-ring (bicyclic) bond motifs is 1. The fraction of sp³-hybridized carbons (Fsp3) is 0.200. The lowest BCUT2D eigenvalue weighted by atomic mass is 10.1. The molecule has 0 aliphatic rings. The molecule has 4 aromatic rings. The number of sulfonamides is 1. The quantitative estimate of drug-likeness (QED) is 0.402. The minimum Gasteiger partial charge on any atom is -0.325 e. The summed E-state index contributed by atoms with van der Waals surface area (Å²) in [6, 6.07) is 19.9. The van der Waals surface area contributed by atoms with Gasteiger partial charge >= 0.3 is 0 Å². The van der Waals surface area contributed by atoms with Crippen molar-refractivity contribution in [1.82, 2.24) is 9.29 Å². The van der Waals surface area contributed by atoms with E-state index in [1.165, 1.54) is 15.6 Å². The van der Waals surface area contributed by atoms with E-state index in [1.54, 1.807) is 18.2 Å². The topological polar surface area (TPSA) is 79.4 Å². The molecule has 0 radical (unpaired) electrons. The number of anilines is 1. The zero-order valence-corrected chi connectivity index (χ0v) is 20.3. The van der Waals surface area contributed by atoms with Crippen LogP contribution in [0.3, 0.4) is 0 Å². The summed E-state index contributed by atoms with van der Waals surface area (Å²) in [5.41, 5.74) is 4.25. The van der Waals surface area contributed by atoms with Gasteiger partial charge in [0.15, 0.2) is 0 Å². The molecule has 0 saturated heterocycles. The lowest BCUT2D eigenvalue weighted by Gasteiger charge is -2.22. The van der Waals surface area contributed by atoms with Crippen LogP contribution in [0.25, 0.3) is 10.2 Å². The average molecular weight is 480 g/mol. The summed E-state index contributed by atoms with van der Waals surface area (Å²) in [6.07, 6.45) is 0. The van der Waals surface area contributed by atoms with Crippen LogP contribution in [0.4, 0.5) is 5.69 Å². The van der Waals surface area contributed by atoms with Gasteiger partial charge in [0.1, 0.15) is 0 Å². The van der Waals surface area contributed by atoms with Crippen molar-refractivity contribution in [3.8, 4) is 0 Å². The molecule has 170 valence electrons. The van der Waals surface area contributed by atoms with Gasteiger partial charge in [-0.3, -0.25) is 4.79 Å². The van der Waals surface area contributed by atoms with Gasteiger partial charge in [-0.2, -0.15) is 4.31 Å². The Morgan fingerprint density at radius 2 is 1.67 bits per heavy atom. The van der Waals surface area contributed by atoms with E-state index in [0.29, 0.717) is 5.69 Å². The van der Waals surface area contributed by atoms with E-state index in [0.717, 1.165) is 31.9 Å². The third-order valence-electron chi connectivity index (χ3n) is 5.13. The lowest BCUT2D eigenvalue weighted by molar-refractivity contribution is -0.116. The molecule has 1 heterocycles. The van der Waals surface area contributed by atoms with Crippen molar-refractivity contribution in [2.45, 2.75) is 32.2 Å². The van der Waals surface area contributed by atoms with Crippen LogP contribution >= 0.6 is 11.3 Å². The molecule has 0 bridgehead atoms. The molecule has 8 heteroatoms. The van der Waals surface area contributed by atoms with Crippen LogP contribution in [-0.4, -0.2) is 30.2 Å². The zero-order chi connectivity index (χ0) is 23.6. The van der Waals surface area contributed by atoms with Gasteiger partial charge in [-0.05, 0) is 67.8 Å². The Balaban J connectivity index is 1.64. The minimum absolute atomic E-state index is 0.0865. The maximum absolute atomic E-state index is 13.6. The Morgan fingerprint density at radius 1 is 0.970 bits per heavy atom. The van der Waals surface area contributed by atoms with Gasteiger partial charge < -0.3 is 5.32 Å². The number of amides is 1. The van der Waals surface area contributed by atoms with Gasteiger partial charge in [0, 0.05) is 12.2 Å². The van der Waals surface area contributed by atoms with Crippen molar-refractivity contribution in [2.24, 2.45) is 0 Å². The largest absolute Gasteiger partial charge is 0.325 e. The first kappa shape index (κ1) is 23.1. The molecule has 0 aliphatic carbocycles. The highest BCUT2D eigenvalue weighted by Crippen LogP contribution is 2.27. The second-order valence-corrected chi connectivity index (χ2v) is 11.2. The van der Waals surface area contributed by atoms with Crippen LogP contribution in [0.5, 0.6) is 0 Å². The normalized spacial score (nSPS) is 11.8. The fourth-order valence-corrected chi connectivity index (χ4v) is 6.10. The number of carbonyl (C=O) groups excluding carboxylic acids is 1. The molecule has 4 rings (SSSR count). The van der Waals surface area contributed by atoms with Crippen LogP contribution in [0.2, 0.25) is 0 Å². The molecule has 0 spiro atoms. The first-order valence-electron chi connectivity index (χ1n) is 10.5. The van der Waals surface area contributed by atoms with E-state index in [9.17, 15) is 13.2 Å². The van der Waals surface area contributed by atoms with Gasteiger partial charge in [-0.1, -0.05) is 36.4 Å². The molecule has 0 atom stereocenters. The van der Waals surface area contributed by atoms with E-state index < -0.39 is 15.9 Å². The number of thiazole rings is 1. The maximum atomic E-state index is 13.6. The number of aryl methyl sites for hydroxylation is 3. The van der Waals surface area contributed by atoms with Crippen LogP contribution in [0.15, 0.2) is 71.6 Å². The van der Waals surface area contributed by atoms with Gasteiger partial charge in [0.05, 0.1) is 26.7 Å². The molecule has 6 nitrogen and oxygen atoms in total. The van der Waals surface area contributed by atoms with Gasteiger partial charge in [-0.15, -0.1) is 11.3 Å². The van der Waals surface area contributed by atoms with Gasteiger partial charge in [-0.25, -0.2) is 13.4 Å². The predicted molar refractivity (Wildman–Crippen MR) is 133 cm³/mol. The second-order valence-electron chi connectivity index (χ2n) is 8.05. The number of hydrogen-bond acceptors (Lipinski definition) is 5. The van der Waals surface area contributed by atoms with Crippen molar-refractivity contribution in [2.75, 3.05) is 11.9 Å². The molecular formula is C25H25N3O3S2. The summed E-state index contributed by atoms with van der Waals surface area (Å²) >= 11 is 1.44. The molecule has 0 aliphatic heterocycles. The molecule has 1 aromatic heterocycles. The van der Waals surface area contributed by atoms with E-state index >= 15 is 0 Å². The van der Waals surface area contributed by atoms with E-state index in [-0.39, 0.29) is 18.0 Å². The Labute approximate surface area is 198 Å². The summed E-state index contributed by atoms with van der Waals surface area (Å²) in [6.45, 7) is 5.57. The Morgan fingerprint density at radius 3 is 2.36 bits per heavy atom. The third kappa shape index (κ3) is 5.47. The fourth-order valence-electron chi connectivity index (χ4n) is 3.75. The first-order chi connectivity index (χ1) is 15.7. The average Bonchev–Trinajstić information content (AvgIpc) is 3.12. The highest BCUT2D eigenvalue weighted by atomic mass is 32.2. The lowest BCUT2D eigenvalue weighted by Crippen LogP contribution is -2.37. The second kappa shape index (κ2) is 9.43. The monoisotopic (exact) mass is 479 g/mol. The highest BCUT2D eigenvalue weighted by molar-refractivity contribution is 7.89. The summed E-state index contributed by atoms with van der Waals surface area (Å²) in [4.78, 5) is 17.5. The third-order valence-corrected chi connectivity index (χ3v) is 7.85. The zero-order valence-electron chi connectivity index (χ0n) is 18.7. The minimum atomic E-state index is -3.93. The van der Waals surface area contributed by atoms with Crippen molar-refractivity contribution >= 4 is 43.2 Å². The Bertz CT molecular complexity index is 1390. The van der Waals surface area contributed by atoms with E-state index in [1.807, 2.05) is 69.3 Å². The van der Waals surface area contributed by atoms with Crippen molar-refractivity contribution in [3.63, 3.8) is 0 Å². The molecule has 33 heavy (non-hydrogen) atoms. The molecule has 0 saturated carbocycles. The molecule has 1 N–H and O–H groups in total.